The van der Waals surface area contributed by atoms with E-state index in [1.54, 1.807) is 0 Å². The van der Waals surface area contributed by atoms with Crippen molar-refractivity contribution >= 4 is 17.8 Å². The molecule has 0 radical (unpaired) electrons. The molecule has 2 fully saturated rings. The number of rotatable bonds is 2. The molecule has 2 aliphatic heterocycles. The lowest BCUT2D eigenvalue weighted by atomic mass is 9.94. The monoisotopic (exact) mass is 294 g/mol. The van der Waals surface area contributed by atoms with Crippen molar-refractivity contribution in [2.24, 2.45) is 0 Å². The average molecular weight is 294 g/mol. The van der Waals surface area contributed by atoms with E-state index in [4.69, 9.17) is 10.5 Å². The largest absolute Gasteiger partial charge is 0.390 e. The predicted octanol–water partition coefficient (Wildman–Crippen LogP) is -0.358. The quantitative estimate of drug-likeness (QED) is 0.763. The molecule has 3 heterocycles. The van der Waals surface area contributed by atoms with E-state index < -0.39 is 5.60 Å². The highest BCUT2D eigenvalue weighted by Crippen LogP contribution is 2.25. The second-order valence-corrected chi connectivity index (χ2v) is 5.88. The summed E-state index contributed by atoms with van der Waals surface area (Å²) in [6, 6.07) is 0. The molecule has 3 N–H and O–H groups in total. The molecule has 3 rings (SSSR count). The summed E-state index contributed by atoms with van der Waals surface area (Å²) in [5.74, 6) is 1.44. The minimum atomic E-state index is -0.595. The number of morpholine rings is 1. The molecular formula is C13H22N6O2. The Balaban J connectivity index is 1.78. The Hall–Kier alpha value is -1.67. The maximum Gasteiger partial charge on any atom is 0.232 e. The van der Waals surface area contributed by atoms with Crippen molar-refractivity contribution in [2.45, 2.75) is 25.4 Å². The van der Waals surface area contributed by atoms with Crippen LogP contribution in [-0.2, 0) is 4.74 Å². The van der Waals surface area contributed by atoms with Gasteiger partial charge in [0.25, 0.3) is 0 Å². The number of nitrogens with two attached hydrogens (primary N) is 1. The summed E-state index contributed by atoms with van der Waals surface area (Å²) >= 11 is 0. The van der Waals surface area contributed by atoms with Gasteiger partial charge in [-0.15, -0.1) is 0 Å². The number of hydrogen-bond acceptors (Lipinski definition) is 8. The number of piperidine rings is 1. The van der Waals surface area contributed by atoms with Gasteiger partial charge in [-0.3, -0.25) is 0 Å². The van der Waals surface area contributed by atoms with Gasteiger partial charge in [0.1, 0.15) is 0 Å². The van der Waals surface area contributed by atoms with Crippen LogP contribution in [0.3, 0.4) is 0 Å². The molecule has 1 aromatic rings. The summed E-state index contributed by atoms with van der Waals surface area (Å²) < 4.78 is 5.34. The standard InChI is InChI=1S/C13H22N6O2/c1-13(20)2-4-18(5-3-13)11-15-10(14)16-12(17-11)19-6-8-21-9-7-19/h20H,2-9H2,1H3,(H2,14,15,16,17). The van der Waals surface area contributed by atoms with Crippen molar-refractivity contribution in [2.75, 3.05) is 54.9 Å². The number of hydrogen-bond donors (Lipinski definition) is 2. The highest BCUT2D eigenvalue weighted by Gasteiger charge is 2.29. The summed E-state index contributed by atoms with van der Waals surface area (Å²) in [4.78, 5) is 17.1. The lowest BCUT2D eigenvalue weighted by molar-refractivity contribution is 0.0349. The molecule has 2 aliphatic rings. The van der Waals surface area contributed by atoms with Crippen molar-refractivity contribution in [3.05, 3.63) is 0 Å². The van der Waals surface area contributed by atoms with Gasteiger partial charge in [-0.2, -0.15) is 15.0 Å². The molecule has 0 atom stereocenters. The van der Waals surface area contributed by atoms with Crippen molar-refractivity contribution in [1.82, 2.24) is 15.0 Å². The van der Waals surface area contributed by atoms with Crippen LogP contribution < -0.4 is 15.5 Å². The zero-order chi connectivity index (χ0) is 14.9. The van der Waals surface area contributed by atoms with Gasteiger partial charge in [0.2, 0.25) is 17.8 Å². The van der Waals surface area contributed by atoms with Gasteiger partial charge < -0.3 is 25.4 Å². The Morgan fingerprint density at radius 1 is 1.00 bits per heavy atom. The van der Waals surface area contributed by atoms with Crippen molar-refractivity contribution in [1.29, 1.82) is 0 Å². The first-order chi connectivity index (χ1) is 10.0. The molecule has 8 heteroatoms. The van der Waals surface area contributed by atoms with Crippen LogP contribution in [0.5, 0.6) is 0 Å². The summed E-state index contributed by atoms with van der Waals surface area (Å²) in [5, 5.41) is 10.0. The van der Waals surface area contributed by atoms with Crippen LogP contribution in [0.1, 0.15) is 19.8 Å². The van der Waals surface area contributed by atoms with Gasteiger partial charge >= 0.3 is 0 Å². The van der Waals surface area contributed by atoms with E-state index in [0.29, 0.717) is 38.0 Å². The van der Waals surface area contributed by atoms with Crippen LogP contribution in [-0.4, -0.2) is 65.1 Å². The molecule has 2 saturated heterocycles. The summed E-state index contributed by atoms with van der Waals surface area (Å²) in [6.07, 6.45) is 1.40. The van der Waals surface area contributed by atoms with Gasteiger partial charge in [-0.25, -0.2) is 0 Å². The zero-order valence-electron chi connectivity index (χ0n) is 12.3. The molecule has 8 nitrogen and oxygen atoms in total. The van der Waals surface area contributed by atoms with E-state index in [1.165, 1.54) is 0 Å². The molecule has 0 bridgehead atoms. The lowest BCUT2D eigenvalue weighted by Gasteiger charge is -2.36. The van der Waals surface area contributed by atoms with Crippen LogP contribution in [0.2, 0.25) is 0 Å². The number of aliphatic hydroxyl groups is 1. The number of ether oxygens (including phenoxy) is 1. The zero-order valence-corrected chi connectivity index (χ0v) is 12.3. The van der Waals surface area contributed by atoms with Gasteiger partial charge in [-0.1, -0.05) is 0 Å². The molecule has 21 heavy (non-hydrogen) atoms. The first-order valence-corrected chi connectivity index (χ1v) is 7.35. The van der Waals surface area contributed by atoms with Crippen molar-refractivity contribution in [3.63, 3.8) is 0 Å². The van der Waals surface area contributed by atoms with Gasteiger partial charge in [-0.05, 0) is 19.8 Å². The van der Waals surface area contributed by atoms with Crippen LogP contribution in [0.15, 0.2) is 0 Å². The minimum absolute atomic E-state index is 0.235. The van der Waals surface area contributed by atoms with Crippen molar-refractivity contribution in [3.8, 4) is 0 Å². The average Bonchev–Trinajstić information content (AvgIpc) is 2.47. The van der Waals surface area contributed by atoms with E-state index in [0.717, 1.165) is 26.2 Å². The topological polar surface area (TPSA) is 101 Å². The summed E-state index contributed by atoms with van der Waals surface area (Å²) in [7, 11) is 0. The first kappa shape index (κ1) is 14.3. The first-order valence-electron chi connectivity index (χ1n) is 7.35. The SMILES string of the molecule is CC1(O)CCN(c2nc(N)nc(N3CCOCC3)n2)CC1. The maximum absolute atomic E-state index is 10.0. The maximum atomic E-state index is 10.0. The van der Waals surface area contributed by atoms with E-state index in [9.17, 15) is 5.11 Å². The summed E-state index contributed by atoms with van der Waals surface area (Å²) in [5.41, 5.74) is 5.23. The second-order valence-electron chi connectivity index (χ2n) is 5.88. The van der Waals surface area contributed by atoms with Crippen LogP contribution in [0.4, 0.5) is 17.8 Å². The number of aromatic nitrogens is 3. The molecule has 0 aliphatic carbocycles. The van der Waals surface area contributed by atoms with Crippen LogP contribution in [0.25, 0.3) is 0 Å². The Bertz CT molecular complexity index is 493. The van der Waals surface area contributed by atoms with Gasteiger partial charge in [0.05, 0.1) is 18.8 Å². The molecule has 1 aromatic heterocycles. The van der Waals surface area contributed by atoms with E-state index in [1.807, 2.05) is 6.92 Å². The van der Waals surface area contributed by atoms with E-state index in [2.05, 4.69) is 24.8 Å². The van der Waals surface area contributed by atoms with Gasteiger partial charge in [0.15, 0.2) is 0 Å². The third-order valence-corrected chi connectivity index (χ3v) is 4.05. The lowest BCUT2D eigenvalue weighted by Crippen LogP contribution is -2.43. The molecule has 0 amide bonds. The molecule has 116 valence electrons. The fourth-order valence-corrected chi connectivity index (χ4v) is 2.60. The highest BCUT2D eigenvalue weighted by atomic mass is 16.5. The third kappa shape index (κ3) is 3.33. The van der Waals surface area contributed by atoms with Gasteiger partial charge in [0, 0.05) is 26.2 Å². The summed E-state index contributed by atoms with van der Waals surface area (Å²) in [6.45, 7) is 6.18. The Morgan fingerprint density at radius 2 is 1.52 bits per heavy atom. The fraction of sp³-hybridized carbons (Fsp3) is 0.769. The molecule has 0 unspecified atom stereocenters. The third-order valence-electron chi connectivity index (χ3n) is 4.05. The number of nitrogen functional groups attached to an aromatic ring is 1. The predicted molar refractivity (Wildman–Crippen MR) is 79.3 cm³/mol. The van der Waals surface area contributed by atoms with Crippen LogP contribution >= 0.6 is 0 Å². The molecule has 0 aromatic carbocycles. The Kier molecular flexibility index (Phi) is 3.81. The second kappa shape index (κ2) is 5.61. The van der Waals surface area contributed by atoms with E-state index >= 15 is 0 Å². The Labute approximate surface area is 123 Å². The van der Waals surface area contributed by atoms with Crippen molar-refractivity contribution < 1.29 is 9.84 Å². The molecular weight excluding hydrogens is 272 g/mol. The normalized spacial score (nSPS) is 22.4. The van der Waals surface area contributed by atoms with Crippen LogP contribution in [0, 0.1) is 0 Å². The minimum Gasteiger partial charge on any atom is -0.390 e. The molecule has 0 spiro atoms. The number of nitrogens with zero attached hydrogens (tertiary/aromatic N) is 5. The molecule has 0 saturated carbocycles. The smallest absolute Gasteiger partial charge is 0.232 e. The van der Waals surface area contributed by atoms with E-state index in [-0.39, 0.29) is 5.95 Å². The number of anilines is 3. The highest BCUT2D eigenvalue weighted by molar-refractivity contribution is 5.44. The fourth-order valence-electron chi connectivity index (χ4n) is 2.60. The Morgan fingerprint density at radius 3 is 2.10 bits per heavy atom.